The second-order valence-corrected chi connectivity index (χ2v) is 5.80. The van der Waals surface area contributed by atoms with E-state index in [-0.39, 0.29) is 18.3 Å². The number of benzene rings is 2. The quantitative estimate of drug-likeness (QED) is 0.607. The fraction of sp³-hybridized carbons (Fsp3) is 0.176. The maximum Gasteiger partial charge on any atom is 0.264 e. The molecule has 0 radical (unpaired) electrons. The van der Waals surface area contributed by atoms with Gasteiger partial charge in [-0.15, -0.1) is 0 Å². The lowest BCUT2D eigenvalue weighted by Crippen LogP contribution is -1.97. The number of nitrogens with zero attached hydrogens (tertiary/aromatic N) is 2. The van der Waals surface area contributed by atoms with E-state index in [1.807, 2.05) is 0 Å². The molecule has 0 bridgehead atoms. The molecule has 130 valence electrons. The molecular formula is C17H14BrFN2O4. The molecule has 0 saturated heterocycles. The number of methoxy groups -OCH3 is 2. The first-order valence-corrected chi connectivity index (χ1v) is 8.03. The van der Waals surface area contributed by atoms with Gasteiger partial charge in [0, 0.05) is 6.07 Å². The Kier molecular flexibility index (Phi) is 5.18. The average molecular weight is 409 g/mol. The Morgan fingerprint density at radius 3 is 2.64 bits per heavy atom. The third-order valence-corrected chi connectivity index (χ3v) is 3.98. The SMILES string of the molecule is COc1ccc(-c2noc(COc3ccc(F)cc3Br)n2)c(OC)c1. The zero-order chi connectivity index (χ0) is 17.8. The molecule has 0 spiro atoms. The number of hydrogen-bond donors (Lipinski definition) is 0. The van der Waals surface area contributed by atoms with E-state index in [0.717, 1.165) is 0 Å². The van der Waals surface area contributed by atoms with Crippen LogP contribution in [0.2, 0.25) is 0 Å². The predicted octanol–water partition coefficient (Wildman–Crippen LogP) is 4.23. The minimum Gasteiger partial charge on any atom is -0.497 e. The minimum atomic E-state index is -0.356. The van der Waals surface area contributed by atoms with E-state index in [0.29, 0.717) is 33.1 Å². The van der Waals surface area contributed by atoms with Crippen LogP contribution >= 0.6 is 15.9 Å². The molecule has 0 saturated carbocycles. The zero-order valence-electron chi connectivity index (χ0n) is 13.5. The van der Waals surface area contributed by atoms with Crippen molar-refractivity contribution < 1.29 is 23.1 Å². The molecule has 25 heavy (non-hydrogen) atoms. The first-order chi connectivity index (χ1) is 12.1. The van der Waals surface area contributed by atoms with Crippen LogP contribution in [0.15, 0.2) is 45.4 Å². The summed E-state index contributed by atoms with van der Waals surface area (Å²) in [5.41, 5.74) is 0.668. The number of halogens is 2. The predicted molar refractivity (Wildman–Crippen MR) is 91.3 cm³/mol. The van der Waals surface area contributed by atoms with Gasteiger partial charge in [0.05, 0.1) is 24.3 Å². The van der Waals surface area contributed by atoms with Crippen LogP contribution in [0, 0.1) is 5.82 Å². The second-order valence-electron chi connectivity index (χ2n) is 4.94. The molecule has 8 heteroatoms. The van der Waals surface area contributed by atoms with Crippen LogP contribution in [0.1, 0.15) is 5.89 Å². The Morgan fingerprint density at radius 2 is 1.92 bits per heavy atom. The second kappa shape index (κ2) is 7.52. The zero-order valence-corrected chi connectivity index (χ0v) is 15.0. The van der Waals surface area contributed by atoms with Crippen LogP contribution in [0.3, 0.4) is 0 Å². The fourth-order valence-electron chi connectivity index (χ4n) is 2.14. The molecule has 3 rings (SSSR count). The van der Waals surface area contributed by atoms with Gasteiger partial charge in [-0.2, -0.15) is 4.98 Å². The molecule has 0 fully saturated rings. The molecule has 6 nitrogen and oxygen atoms in total. The van der Waals surface area contributed by atoms with Gasteiger partial charge in [0.25, 0.3) is 5.89 Å². The lowest BCUT2D eigenvalue weighted by Gasteiger charge is -2.07. The molecule has 1 heterocycles. The monoisotopic (exact) mass is 408 g/mol. The number of aromatic nitrogens is 2. The lowest BCUT2D eigenvalue weighted by atomic mass is 10.2. The van der Waals surface area contributed by atoms with Crippen LogP contribution in [-0.2, 0) is 6.61 Å². The van der Waals surface area contributed by atoms with Crippen molar-refractivity contribution in [1.82, 2.24) is 10.1 Å². The van der Waals surface area contributed by atoms with Gasteiger partial charge in [0.1, 0.15) is 23.1 Å². The van der Waals surface area contributed by atoms with Crippen molar-refractivity contribution in [2.75, 3.05) is 14.2 Å². The number of ether oxygens (including phenoxy) is 3. The highest BCUT2D eigenvalue weighted by Gasteiger charge is 2.15. The molecule has 0 aliphatic heterocycles. The summed E-state index contributed by atoms with van der Waals surface area (Å²) in [5, 5.41) is 3.94. The Balaban J connectivity index is 1.76. The van der Waals surface area contributed by atoms with Crippen molar-refractivity contribution in [1.29, 1.82) is 0 Å². The Bertz CT molecular complexity index is 885. The highest BCUT2D eigenvalue weighted by molar-refractivity contribution is 9.10. The summed E-state index contributed by atoms with van der Waals surface area (Å²) in [6, 6.07) is 9.43. The van der Waals surface area contributed by atoms with Crippen molar-refractivity contribution >= 4 is 15.9 Å². The van der Waals surface area contributed by atoms with Crippen LogP contribution in [0.4, 0.5) is 4.39 Å². The fourth-order valence-corrected chi connectivity index (χ4v) is 2.60. The Morgan fingerprint density at radius 1 is 1.08 bits per heavy atom. The molecule has 0 aliphatic rings. The summed E-state index contributed by atoms with van der Waals surface area (Å²) < 4.78 is 34.8. The summed E-state index contributed by atoms with van der Waals surface area (Å²) in [4.78, 5) is 4.29. The van der Waals surface area contributed by atoms with E-state index in [4.69, 9.17) is 18.7 Å². The molecule has 0 aliphatic carbocycles. The Hall–Kier alpha value is -2.61. The molecule has 0 atom stereocenters. The van der Waals surface area contributed by atoms with E-state index in [9.17, 15) is 4.39 Å². The van der Waals surface area contributed by atoms with Gasteiger partial charge in [-0.25, -0.2) is 4.39 Å². The molecule has 0 N–H and O–H groups in total. The van der Waals surface area contributed by atoms with Crippen LogP contribution in [0.25, 0.3) is 11.4 Å². The van der Waals surface area contributed by atoms with Crippen molar-refractivity contribution in [2.45, 2.75) is 6.61 Å². The first kappa shape index (κ1) is 17.2. The van der Waals surface area contributed by atoms with Crippen LogP contribution < -0.4 is 14.2 Å². The number of rotatable bonds is 6. The molecular weight excluding hydrogens is 395 g/mol. The maximum atomic E-state index is 13.1. The molecule has 0 amide bonds. The summed E-state index contributed by atoms with van der Waals surface area (Å²) in [6.45, 7) is 0.0513. The Labute approximate surface area is 151 Å². The summed E-state index contributed by atoms with van der Waals surface area (Å²) >= 11 is 3.23. The lowest BCUT2D eigenvalue weighted by molar-refractivity contribution is 0.241. The van der Waals surface area contributed by atoms with Crippen molar-refractivity contribution in [3.63, 3.8) is 0 Å². The summed E-state index contributed by atoms with van der Waals surface area (Å²) in [7, 11) is 3.13. The maximum absolute atomic E-state index is 13.1. The van der Waals surface area contributed by atoms with E-state index in [1.165, 1.54) is 18.2 Å². The smallest absolute Gasteiger partial charge is 0.264 e. The topological polar surface area (TPSA) is 66.6 Å². The van der Waals surface area contributed by atoms with Gasteiger partial charge in [0.2, 0.25) is 5.82 Å². The number of hydrogen-bond acceptors (Lipinski definition) is 6. The van der Waals surface area contributed by atoms with E-state index >= 15 is 0 Å². The van der Waals surface area contributed by atoms with Gasteiger partial charge < -0.3 is 18.7 Å². The van der Waals surface area contributed by atoms with Crippen molar-refractivity contribution in [3.05, 3.63) is 52.6 Å². The molecule has 1 aromatic heterocycles. The third-order valence-electron chi connectivity index (χ3n) is 3.36. The van der Waals surface area contributed by atoms with Gasteiger partial charge in [-0.05, 0) is 46.3 Å². The van der Waals surface area contributed by atoms with Crippen LogP contribution in [0.5, 0.6) is 17.2 Å². The van der Waals surface area contributed by atoms with Gasteiger partial charge in [-0.3, -0.25) is 0 Å². The van der Waals surface area contributed by atoms with Crippen LogP contribution in [-0.4, -0.2) is 24.4 Å². The van der Waals surface area contributed by atoms with E-state index < -0.39 is 0 Å². The van der Waals surface area contributed by atoms with E-state index in [2.05, 4.69) is 26.1 Å². The standard InChI is InChI=1S/C17H14BrFN2O4/c1-22-11-4-5-12(15(8-11)23-2)17-20-16(25-21-17)9-24-14-6-3-10(19)7-13(14)18/h3-8H,9H2,1-2H3. The van der Waals surface area contributed by atoms with E-state index in [1.54, 1.807) is 32.4 Å². The van der Waals surface area contributed by atoms with Gasteiger partial charge in [0.15, 0.2) is 6.61 Å². The summed E-state index contributed by atoms with van der Waals surface area (Å²) in [5.74, 6) is 2.00. The van der Waals surface area contributed by atoms with Crippen molar-refractivity contribution in [2.24, 2.45) is 0 Å². The largest absolute Gasteiger partial charge is 0.497 e. The normalized spacial score (nSPS) is 10.6. The van der Waals surface area contributed by atoms with Crippen molar-refractivity contribution in [3.8, 4) is 28.6 Å². The minimum absolute atomic E-state index is 0.0513. The molecule has 3 aromatic rings. The third kappa shape index (κ3) is 3.90. The molecule has 0 unspecified atom stereocenters. The average Bonchev–Trinajstić information content (AvgIpc) is 3.09. The van der Waals surface area contributed by atoms with Gasteiger partial charge in [-0.1, -0.05) is 5.16 Å². The molecule has 2 aromatic carbocycles. The highest BCUT2D eigenvalue weighted by atomic mass is 79.9. The van der Waals surface area contributed by atoms with Gasteiger partial charge >= 0.3 is 0 Å². The summed E-state index contributed by atoms with van der Waals surface area (Å²) in [6.07, 6.45) is 0. The highest BCUT2D eigenvalue weighted by Crippen LogP contribution is 2.32. The first-order valence-electron chi connectivity index (χ1n) is 7.23.